The molecule has 0 unspecified atom stereocenters. The number of nitrogens with zero attached hydrogens (tertiary/aromatic N) is 3. The number of benzene rings is 1. The van der Waals surface area contributed by atoms with E-state index in [1.54, 1.807) is 29.5 Å². The number of fused-ring (bicyclic) bond motifs is 1. The van der Waals surface area contributed by atoms with Crippen LogP contribution >= 0.6 is 27.3 Å². The SMILES string of the molecule is COC(=O)c1ccc2c(=O)[nH]c(CN3CCN(Cc4ccc(Br)s4)CC3)nc2c1. The highest BCUT2D eigenvalue weighted by molar-refractivity contribution is 9.11. The van der Waals surface area contributed by atoms with Crippen LogP contribution in [0.2, 0.25) is 0 Å². The lowest BCUT2D eigenvalue weighted by atomic mass is 10.1. The minimum atomic E-state index is -0.440. The number of aromatic nitrogens is 2. The van der Waals surface area contributed by atoms with Crippen LogP contribution in [-0.4, -0.2) is 59.0 Å². The first-order valence-corrected chi connectivity index (χ1v) is 10.9. The Kier molecular flexibility index (Phi) is 6.09. The Morgan fingerprint density at radius 2 is 1.90 bits per heavy atom. The molecule has 3 aromatic rings. The lowest BCUT2D eigenvalue weighted by molar-refractivity contribution is 0.0601. The molecule has 0 amide bonds. The summed E-state index contributed by atoms with van der Waals surface area (Å²) in [6.45, 7) is 5.31. The average molecular weight is 477 g/mol. The highest BCUT2D eigenvalue weighted by Crippen LogP contribution is 2.23. The minimum absolute atomic E-state index is 0.191. The Hall–Kier alpha value is -2.07. The van der Waals surface area contributed by atoms with Crippen molar-refractivity contribution in [3.63, 3.8) is 0 Å². The van der Waals surface area contributed by atoms with Gasteiger partial charge in [0.15, 0.2) is 0 Å². The second-order valence-corrected chi connectivity index (χ2v) is 9.54. The molecule has 1 aromatic carbocycles. The summed E-state index contributed by atoms with van der Waals surface area (Å²) in [6, 6.07) is 9.04. The summed E-state index contributed by atoms with van der Waals surface area (Å²) in [5.41, 5.74) is 0.703. The number of hydrogen-bond acceptors (Lipinski definition) is 7. The summed E-state index contributed by atoms with van der Waals surface area (Å²) in [5, 5.41) is 0.466. The van der Waals surface area contributed by atoms with E-state index in [0.717, 1.165) is 36.5 Å². The third kappa shape index (κ3) is 4.75. The van der Waals surface area contributed by atoms with Gasteiger partial charge in [-0.25, -0.2) is 9.78 Å². The molecule has 0 radical (unpaired) electrons. The van der Waals surface area contributed by atoms with Crippen LogP contribution in [0.3, 0.4) is 0 Å². The third-order valence-electron chi connectivity index (χ3n) is 5.02. The van der Waals surface area contributed by atoms with Gasteiger partial charge in [0.05, 0.1) is 33.9 Å². The van der Waals surface area contributed by atoms with Crippen molar-refractivity contribution in [1.82, 2.24) is 19.8 Å². The molecule has 7 nitrogen and oxygen atoms in total. The molecule has 3 heterocycles. The molecule has 1 aliphatic rings. The molecule has 0 spiro atoms. The maximum atomic E-state index is 12.4. The number of hydrogen-bond donors (Lipinski definition) is 1. The first-order valence-electron chi connectivity index (χ1n) is 9.32. The van der Waals surface area contributed by atoms with Gasteiger partial charge in [-0.15, -0.1) is 11.3 Å². The summed E-state index contributed by atoms with van der Waals surface area (Å²) >= 11 is 5.28. The van der Waals surface area contributed by atoms with Gasteiger partial charge in [0.25, 0.3) is 5.56 Å². The van der Waals surface area contributed by atoms with Gasteiger partial charge >= 0.3 is 5.97 Å². The highest BCUT2D eigenvalue weighted by Gasteiger charge is 2.19. The number of piperazine rings is 1. The van der Waals surface area contributed by atoms with Crippen LogP contribution in [0.4, 0.5) is 0 Å². The van der Waals surface area contributed by atoms with Crippen LogP contribution in [0.1, 0.15) is 21.1 Å². The minimum Gasteiger partial charge on any atom is -0.465 e. The zero-order valence-electron chi connectivity index (χ0n) is 16.0. The number of nitrogens with one attached hydrogen (secondary N) is 1. The summed E-state index contributed by atoms with van der Waals surface area (Å²) in [5.74, 6) is 0.171. The van der Waals surface area contributed by atoms with Crippen LogP contribution in [0.25, 0.3) is 10.9 Å². The first-order chi connectivity index (χ1) is 14.0. The summed E-state index contributed by atoms with van der Waals surface area (Å²) in [6.07, 6.45) is 0. The molecule has 4 rings (SSSR count). The molecule has 2 aromatic heterocycles. The largest absolute Gasteiger partial charge is 0.465 e. The number of H-pyrrole nitrogens is 1. The number of halogens is 1. The van der Waals surface area contributed by atoms with Crippen LogP contribution in [-0.2, 0) is 17.8 Å². The van der Waals surface area contributed by atoms with E-state index in [1.807, 2.05) is 0 Å². The van der Waals surface area contributed by atoms with Crippen molar-refractivity contribution in [3.05, 3.63) is 60.7 Å². The Morgan fingerprint density at radius 1 is 1.17 bits per heavy atom. The molecule has 29 heavy (non-hydrogen) atoms. The van der Waals surface area contributed by atoms with Gasteiger partial charge in [-0.3, -0.25) is 14.6 Å². The summed E-state index contributed by atoms with van der Waals surface area (Å²) in [4.78, 5) is 37.7. The van der Waals surface area contributed by atoms with Crippen LogP contribution in [0.15, 0.2) is 38.9 Å². The summed E-state index contributed by atoms with van der Waals surface area (Å²) in [7, 11) is 1.33. The van der Waals surface area contributed by atoms with E-state index in [4.69, 9.17) is 4.74 Å². The van der Waals surface area contributed by atoms with Crippen molar-refractivity contribution in [2.45, 2.75) is 13.1 Å². The number of rotatable bonds is 5. The maximum absolute atomic E-state index is 12.4. The zero-order chi connectivity index (χ0) is 20.4. The number of carbonyl (C=O) groups excluding carboxylic acids is 1. The van der Waals surface area contributed by atoms with Crippen molar-refractivity contribution in [3.8, 4) is 0 Å². The van der Waals surface area contributed by atoms with Crippen molar-refractivity contribution in [1.29, 1.82) is 0 Å². The van der Waals surface area contributed by atoms with E-state index < -0.39 is 5.97 Å². The third-order valence-corrected chi connectivity index (χ3v) is 6.63. The van der Waals surface area contributed by atoms with Crippen LogP contribution in [0, 0.1) is 0 Å². The number of carbonyl (C=O) groups is 1. The molecular weight excluding hydrogens is 456 g/mol. The Labute approximate surface area is 180 Å². The van der Waals surface area contributed by atoms with Crippen molar-refractivity contribution in [2.24, 2.45) is 0 Å². The molecule has 0 atom stereocenters. The molecule has 152 valence electrons. The Bertz CT molecular complexity index is 1090. The quantitative estimate of drug-likeness (QED) is 0.570. The number of esters is 1. The van der Waals surface area contributed by atoms with Gasteiger partial charge in [-0.2, -0.15) is 0 Å². The molecular formula is C20H21BrN4O3S. The number of methoxy groups -OCH3 is 1. The van der Waals surface area contributed by atoms with Gasteiger partial charge in [0.1, 0.15) is 5.82 Å². The fourth-order valence-electron chi connectivity index (χ4n) is 3.48. The van der Waals surface area contributed by atoms with Crippen LogP contribution < -0.4 is 5.56 Å². The second-order valence-electron chi connectivity index (χ2n) is 6.99. The molecule has 1 aliphatic heterocycles. The van der Waals surface area contributed by atoms with Gasteiger partial charge in [-0.05, 0) is 46.3 Å². The Morgan fingerprint density at radius 3 is 2.55 bits per heavy atom. The highest BCUT2D eigenvalue weighted by atomic mass is 79.9. The lowest BCUT2D eigenvalue weighted by Gasteiger charge is -2.34. The topological polar surface area (TPSA) is 78.5 Å². The van der Waals surface area contributed by atoms with Gasteiger partial charge in [-0.1, -0.05) is 0 Å². The predicted octanol–water partition coefficient (Wildman–Crippen LogP) is 2.85. The zero-order valence-corrected chi connectivity index (χ0v) is 18.4. The normalized spacial score (nSPS) is 15.7. The smallest absolute Gasteiger partial charge is 0.337 e. The number of thiophene rings is 1. The maximum Gasteiger partial charge on any atom is 0.337 e. The first kappa shape index (κ1) is 20.2. The van der Waals surface area contributed by atoms with Crippen molar-refractivity contribution < 1.29 is 9.53 Å². The number of aromatic amines is 1. The monoisotopic (exact) mass is 476 g/mol. The molecule has 0 aliphatic carbocycles. The van der Waals surface area contributed by atoms with Crippen molar-refractivity contribution >= 4 is 44.1 Å². The predicted molar refractivity (Wildman–Crippen MR) is 116 cm³/mol. The fraction of sp³-hybridized carbons (Fsp3) is 0.350. The van der Waals surface area contributed by atoms with E-state index in [9.17, 15) is 9.59 Å². The van der Waals surface area contributed by atoms with E-state index in [0.29, 0.717) is 28.8 Å². The lowest BCUT2D eigenvalue weighted by Crippen LogP contribution is -2.45. The Balaban J connectivity index is 1.42. The molecule has 1 N–H and O–H groups in total. The standard InChI is InChI=1S/C20H21BrN4O3S/c1-28-20(27)13-2-4-15-16(10-13)22-18(23-19(15)26)12-25-8-6-24(7-9-25)11-14-3-5-17(21)29-14/h2-5,10H,6-9,11-12H2,1H3,(H,22,23,26). The number of ether oxygens (including phenoxy) is 1. The van der Waals surface area contributed by atoms with E-state index in [1.165, 1.54) is 12.0 Å². The van der Waals surface area contributed by atoms with Gasteiger partial charge in [0.2, 0.25) is 0 Å². The molecule has 9 heteroatoms. The average Bonchev–Trinajstić information content (AvgIpc) is 3.13. The molecule has 1 fully saturated rings. The van der Waals surface area contributed by atoms with Crippen molar-refractivity contribution in [2.75, 3.05) is 33.3 Å². The fourth-order valence-corrected chi connectivity index (χ4v) is 5.01. The molecule has 0 saturated carbocycles. The summed E-state index contributed by atoms with van der Waals surface area (Å²) < 4.78 is 5.91. The van der Waals surface area contributed by atoms with Gasteiger partial charge in [0, 0.05) is 37.6 Å². The molecule has 1 saturated heterocycles. The van der Waals surface area contributed by atoms with E-state index in [-0.39, 0.29) is 5.56 Å². The molecule has 0 bridgehead atoms. The van der Waals surface area contributed by atoms with E-state index in [2.05, 4.69) is 47.8 Å². The van der Waals surface area contributed by atoms with E-state index >= 15 is 0 Å². The van der Waals surface area contributed by atoms with Gasteiger partial charge < -0.3 is 9.72 Å². The van der Waals surface area contributed by atoms with Crippen LogP contribution in [0.5, 0.6) is 0 Å². The second kappa shape index (κ2) is 8.74.